The quantitative estimate of drug-likeness (QED) is 0.799. The van der Waals surface area contributed by atoms with Crippen molar-refractivity contribution in [2.75, 3.05) is 13.1 Å². The molecule has 0 radical (unpaired) electrons. The van der Waals surface area contributed by atoms with Gasteiger partial charge in [-0.15, -0.1) is 0 Å². The van der Waals surface area contributed by atoms with Crippen LogP contribution in [0.5, 0.6) is 0 Å². The summed E-state index contributed by atoms with van der Waals surface area (Å²) in [5.74, 6) is 0.236. The molecule has 5 nitrogen and oxygen atoms in total. The lowest BCUT2D eigenvalue weighted by Gasteiger charge is -2.38. The van der Waals surface area contributed by atoms with Crippen LogP contribution in [-0.2, 0) is 0 Å². The molecule has 2 fully saturated rings. The number of aliphatic hydroxyl groups excluding tert-OH is 1. The second-order valence-electron chi connectivity index (χ2n) is 6.40. The van der Waals surface area contributed by atoms with Crippen LogP contribution in [0.3, 0.4) is 0 Å². The van der Waals surface area contributed by atoms with E-state index in [1.807, 2.05) is 18.2 Å². The Hall–Kier alpha value is -1.59. The Morgan fingerprint density at radius 2 is 2.00 bits per heavy atom. The van der Waals surface area contributed by atoms with E-state index in [-0.39, 0.29) is 18.0 Å². The molecule has 0 spiro atoms. The van der Waals surface area contributed by atoms with Crippen molar-refractivity contribution in [3.63, 3.8) is 0 Å². The number of hydrogen-bond acceptors (Lipinski definition) is 3. The molecule has 1 aromatic rings. The van der Waals surface area contributed by atoms with Crippen molar-refractivity contribution >= 4 is 6.09 Å². The molecule has 1 aliphatic heterocycles. The summed E-state index contributed by atoms with van der Waals surface area (Å²) in [6, 6.07) is 9.77. The average molecular weight is 304 g/mol. The van der Waals surface area contributed by atoms with Gasteiger partial charge in [-0.25, -0.2) is 4.79 Å². The molecular weight excluding hydrogens is 280 g/mol. The van der Waals surface area contributed by atoms with Crippen LogP contribution in [0.15, 0.2) is 30.3 Å². The summed E-state index contributed by atoms with van der Waals surface area (Å²) in [6.45, 7) is 1.63. The summed E-state index contributed by atoms with van der Waals surface area (Å²) in [4.78, 5) is 13.3. The first-order valence-corrected chi connectivity index (χ1v) is 8.12. The predicted octanol–water partition coefficient (Wildman–Crippen LogP) is 2.03. The Kier molecular flexibility index (Phi) is 4.64. The van der Waals surface area contributed by atoms with Crippen molar-refractivity contribution in [1.29, 1.82) is 0 Å². The summed E-state index contributed by atoms with van der Waals surface area (Å²) in [5.41, 5.74) is 1.19. The number of amides is 1. The molecule has 3 N–H and O–H groups in total. The van der Waals surface area contributed by atoms with Gasteiger partial charge in [0.25, 0.3) is 0 Å². The van der Waals surface area contributed by atoms with E-state index in [0.29, 0.717) is 19.4 Å². The van der Waals surface area contributed by atoms with Gasteiger partial charge in [0.15, 0.2) is 0 Å². The molecule has 1 aliphatic carbocycles. The zero-order valence-corrected chi connectivity index (χ0v) is 12.7. The number of hydrogen-bond donors (Lipinski definition) is 3. The number of benzene rings is 1. The molecule has 5 heteroatoms. The van der Waals surface area contributed by atoms with Gasteiger partial charge in [-0.05, 0) is 43.7 Å². The monoisotopic (exact) mass is 304 g/mol. The molecule has 120 valence electrons. The minimum Gasteiger partial charge on any atom is -0.465 e. The highest BCUT2D eigenvalue weighted by Crippen LogP contribution is 2.38. The number of nitrogens with one attached hydrogen (secondary N) is 1. The van der Waals surface area contributed by atoms with Gasteiger partial charge in [0.2, 0.25) is 0 Å². The van der Waals surface area contributed by atoms with Crippen molar-refractivity contribution in [3.05, 3.63) is 35.9 Å². The van der Waals surface area contributed by atoms with Crippen molar-refractivity contribution in [3.8, 4) is 0 Å². The molecule has 4 atom stereocenters. The van der Waals surface area contributed by atoms with Gasteiger partial charge in [-0.1, -0.05) is 30.3 Å². The molecule has 1 aromatic carbocycles. The van der Waals surface area contributed by atoms with Gasteiger partial charge in [0.1, 0.15) is 0 Å². The van der Waals surface area contributed by atoms with Crippen LogP contribution in [0.2, 0.25) is 0 Å². The smallest absolute Gasteiger partial charge is 0.407 e. The minimum absolute atomic E-state index is 0.0274. The van der Waals surface area contributed by atoms with E-state index >= 15 is 0 Å². The molecule has 3 rings (SSSR count). The highest BCUT2D eigenvalue weighted by molar-refractivity contribution is 5.66. The Morgan fingerprint density at radius 3 is 2.64 bits per heavy atom. The van der Waals surface area contributed by atoms with Crippen LogP contribution >= 0.6 is 0 Å². The third-order valence-electron chi connectivity index (χ3n) is 5.01. The minimum atomic E-state index is -0.911. The molecule has 1 saturated heterocycles. The lowest BCUT2D eigenvalue weighted by molar-refractivity contribution is 0.0373. The molecular formula is C17H24N2O3. The SMILES string of the molecule is O=C(O)N(C1CC(c2ccccc2)CC1O)[C@@H]1CCCNC1. The highest BCUT2D eigenvalue weighted by atomic mass is 16.4. The topological polar surface area (TPSA) is 72.8 Å². The Bertz CT molecular complexity index is 502. The normalized spacial score (nSPS) is 31.9. The first kappa shape index (κ1) is 15.3. The van der Waals surface area contributed by atoms with E-state index in [2.05, 4.69) is 17.4 Å². The standard InChI is InChI=1S/C17H24N2O3/c20-16-10-13(12-5-2-1-3-6-12)9-15(16)19(17(21)22)14-7-4-8-18-11-14/h1-3,5-6,13-16,18,20H,4,7-11H2,(H,21,22)/t13?,14-,15?,16?/m1/s1. The summed E-state index contributed by atoms with van der Waals surface area (Å²) in [6.07, 6.45) is 1.71. The number of nitrogens with zero attached hydrogens (tertiary/aromatic N) is 1. The molecule has 0 aromatic heterocycles. The molecule has 1 heterocycles. The maximum Gasteiger partial charge on any atom is 0.407 e. The summed E-state index contributed by atoms with van der Waals surface area (Å²) < 4.78 is 0. The van der Waals surface area contributed by atoms with Crippen molar-refractivity contribution in [2.45, 2.75) is 49.8 Å². The number of piperidine rings is 1. The van der Waals surface area contributed by atoms with Crippen LogP contribution < -0.4 is 5.32 Å². The average Bonchev–Trinajstić information content (AvgIpc) is 2.91. The molecule has 1 saturated carbocycles. The lowest BCUT2D eigenvalue weighted by Crippen LogP contribution is -2.54. The second-order valence-corrected chi connectivity index (χ2v) is 6.40. The van der Waals surface area contributed by atoms with Gasteiger partial charge in [-0.2, -0.15) is 0 Å². The van der Waals surface area contributed by atoms with Crippen LogP contribution in [0, 0.1) is 0 Å². The fourth-order valence-corrected chi connectivity index (χ4v) is 3.93. The Labute approximate surface area is 130 Å². The fourth-order valence-electron chi connectivity index (χ4n) is 3.93. The highest BCUT2D eigenvalue weighted by Gasteiger charge is 2.42. The predicted molar refractivity (Wildman–Crippen MR) is 84.0 cm³/mol. The molecule has 22 heavy (non-hydrogen) atoms. The Balaban J connectivity index is 1.75. The van der Waals surface area contributed by atoms with E-state index < -0.39 is 12.2 Å². The maximum absolute atomic E-state index is 11.8. The van der Waals surface area contributed by atoms with Gasteiger partial charge < -0.3 is 15.5 Å². The third kappa shape index (κ3) is 3.10. The molecule has 1 amide bonds. The van der Waals surface area contributed by atoms with Crippen LogP contribution in [0.25, 0.3) is 0 Å². The number of rotatable bonds is 3. The lowest BCUT2D eigenvalue weighted by atomic mass is 9.97. The van der Waals surface area contributed by atoms with E-state index in [1.165, 1.54) is 10.5 Å². The van der Waals surface area contributed by atoms with Crippen molar-refractivity contribution in [2.24, 2.45) is 0 Å². The van der Waals surface area contributed by atoms with Gasteiger partial charge in [-0.3, -0.25) is 4.90 Å². The molecule has 3 unspecified atom stereocenters. The van der Waals surface area contributed by atoms with E-state index in [4.69, 9.17) is 0 Å². The van der Waals surface area contributed by atoms with E-state index in [0.717, 1.165) is 19.4 Å². The number of aliphatic hydroxyl groups is 1. The summed E-state index contributed by atoms with van der Waals surface area (Å²) >= 11 is 0. The molecule has 0 bridgehead atoms. The van der Waals surface area contributed by atoms with Crippen LogP contribution in [0.1, 0.15) is 37.2 Å². The third-order valence-corrected chi connectivity index (χ3v) is 5.01. The second kappa shape index (κ2) is 6.67. The maximum atomic E-state index is 11.8. The zero-order chi connectivity index (χ0) is 15.5. The zero-order valence-electron chi connectivity index (χ0n) is 12.7. The van der Waals surface area contributed by atoms with E-state index in [1.54, 1.807) is 0 Å². The van der Waals surface area contributed by atoms with Crippen molar-refractivity contribution < 1.29 is 15.0 Å². The van der Waals surface area contributed by atoms with Gasteiger partial charge in [0.05, 0.1) is 12.1 Å². The first-order chi connectivity index (χ1) is 10.7. The first-order valence-electron chi connectivity index (χ1n) is 8.12. The fraction of sp³-hybridized carbons (Fsp3) is 0.588. The Morgan fingerprint density at radius 1 is 1.23 bits per heavy atom. The number of carbonyl (C=O) groups is 1. The van der Waals surface area contributed by atoms with Crippen molar-refractivity contribution in [1.82, 2.24) is 10.2 Å². The molecule has 2 aliphatic rings. The summed E-state index contributed by atoms with van der Waals surface area (Å²) in [5, 5.41) is 23.4. The van der Waals surface area contributed by atoms with Gasteiger partial charge in [0, 0.05) is 12.6 Å². The summed E-state index contributed by atoms with van der Waals surface area (Å²) in [7, 11) is 0. The van der Waals surface area contributed by atoms with Gasteiger partial charge >= 0.3 is 6.09 Å². The van der Waals surface area contributed by atoms with Crippen LogP contribution in [0.4, 0.5) is 4.79 Å². The largest absolute Gasteiger partial charge is 0.465 e. The van der Waals surface area contributed by atoms with E-state index in [9.17, 15) is 15.0 Å². The van der Waals surface area contributed by atoms with Crippen LogP contribution in [-0.4, -0.2) is 52.5 Å². The number of carboxylic acid groups (broad SMARTS) is 1.